The third kappa shape index (κ3) is 7.79. The highest BCUT2D eigenvalue weighted by Gasteiger charge is 2.36. The zero-order valence-corrected chi connectivity index (χ0v) is 26.1. The maximum absolute atomic E-state index is 6.77. The molecule has 40 heavy (non-hydrogen) atoms. The lowest BCUT2D eigenvalue weighted by molar-refractivity contribution is 0.281. The molecule has 0 fully saturated rings. The summed E-state index contributed by atoms with van der Waals surface area (Å²) in [5.74, 6) is 2.78. The van der Waals surface area contributed by atoms with E-state index in [1.54, 1.807) is 23.5 Å². The van der Waals surface area contributed by atoms with E-state index in [0.29, 0.717) is 13.2 Å². The largest absolute Gasteiger partial charge is 0.492 e. The molecule has 1 atom stereocenters. The number of rotatable bonds is 16. The fraction of sp³-hybridized carbons (Fsp3) is 0.441. The predicted octanol–water partition coefficient (Wildman–Crippen LogP) is 9.95. The van der Waals surface area contributed by atoms with Crippen LogP contribution in [0.25, 0.3) is 0 Å². The first-order valence-electron chi connectivity index (χ1n) is 14.9. The van der Waals surface area contributed by atoms with Gasteiger partial charge in [0.2, 0.25) is 0 Å². The van der Waals surface area contributed by atoms with E-state index < -0.39 is 0 Å². The Hall–Kier alpha value is -2.57. The SMILES string of the molecule is CCCCCCOc1c(Sc2ccccc2)c(Sc2ccccc2)c(OCCCCCC)c2c1C(=NC)NC2C. The van der Waals surface area contributed by atoms with Gasteiger partial charge in [-0.15, -0.1) is 0 Å². The van der Waals surface area contributed by atoms with Crippen molar-refractivity contribution >= 4 is 29.4 Å². The number of nitrogens with zero attached hydrogens (tertiary/aromatic N) is 1. The van der Waals surface area contributed by atoms with Gasteiger partial charge in [0, 0.05) is 22.4 Å². The van der Waals surface area contributed by atoms with Crippen molar-refractivity contribution < 1.29 is 9.47 Å². The molecule has 3 aromatic rings. The molecular formula is C34H44N2O2S2. The Morgan fingerprint density at radius 3 is 1.70 bits per heavy atom. The van der Waals surface area contributed by atoms with Crippen LogP contribution in [0, 0.1) is 0 Å². The summed E-state index contributed by atoms with van der Waals surface area (Å²) < 4.78 is 13.5. The Balaban J connectivity index is 1.88. The smallest absolute Gasteiger partial charge is 0.145 e. The Morgan fingerprint density at radius 1 is 0.700 bits per heavy atom. The van der Waals surface area contributed by atoms with Crippen LogP contribution >= 0.6 is 23.5 Å². The zero-order chi connectivity index (χ0) is 28.2. The van der Waals surface area contributed by atoms with E-state index in [0.717, 1.165) is 51.1 Å². The summed E-state index contributed by atoms with van der Waals surface area (Å²) in [5, 5.41) is 3.62. The van der Waals surface area contributed by atoms with Crippen molar-refractivity contribution in [1.82, 2.24) is 5.32 Å². The summed E-state index contributed by atoms with van der Waals surface area (Å²) in [7, 11) is 1.86. The van der Waals surface area contributed by atoms with E-state index in [4.69, 9.17) is 9.47 Å². The van der Waals surface area contributed by atoms with E-state index >= 15 is 0 Å². The Bertz CT molecular complexity index is 1230. The summed E-state index contributed by atoms with van der Waals surface area (Å²) >= 11 is 3.53. The van der Waals surface area contributed by atoms with E-state index in [-0.39, 0.29) is 6.04 Å². The number of hydrogen-bond donors (Lipinski definition) is 1. The Morgan fingerprint density at radius 2 is 1.20 bits per heavy atom. The molecule has 1 aliphatic rings. The van der Waals surface area contributed by atoms with Crippen molar-refractivity contribution in [2.45, 2.75) is 97.8 Å². The number of fused-ring (bicyclic) bond motifs is 1. The minimum absolute atomic E-state index is 0.0766. The van der Waals surface area contributed by atoms with Gasteiger partial charge in [-0.2, -0.15) is 0 Å². The molecule has 1 unspecified atom stereocenters. The molecule has 1 heterocycles. The van der Waals surface area contributed by atoms with Crippen LogP contribution in [-0.2, 0) is 0 Å². The van der Waals surface area contributed by atoms with Crippen molar-refractivity contribution in [3.05, 3.63) is 71.8 Å². The Kier molecular flexibility index (Phi) is 12.2. The predicted molar refractivity (Wildman–Crippen MR) is 171 cm³/mol. The lowest BCUT2D eigenvalue weighted by Crippen LogP contribution is -2.18. The molecule has 3 aromatic carbocycles. The van der Waals surface area contributed by atoms with Gasteiger partial charge >= 0.3 is 0 Å². The van der Waals surface area contributed by atoms with Gasteiger partial charge in [-0.25, -0.2) is 0 Å². The number of hydrogen-bond acceptors (Lipinski definition) is 5. The van der Waals surface area contributed by atoms with Crippen LogP contribution in [0.3, 0.4) is 0 Å². The molecule has 6 heteroatoms. The lowest BCUT2D eigenvalue weighted by atomic mass is 10.0. The average molecular weight is 577 g/mol. The summed E-state index contributed by atoms with van der Waals surface area (Å²) in [4.78, 5) is 9.27. The molecule has 0 aromatic heterocycles. The monoisotopic (exact) mass is 576 g/mol. The van der Waals surface area contributed by atoms with Crippen molar-refractivity contribution in [2.24, 2.45) is 4.99 Å². The van der Waals surface area contributed by atoms with Crippen molar-refractivity contribution in [3.8, 4) is 11.5 Å². The second-order valence-electron chi connectivity index (χ2n) is 10.2. The highest BCUT2D eigenvalue weighted by molar-refractivity contribution is 8.02. The summed E-state index contributed by atoms with van der Waals surface area (Å²) in [6.45, 7) is 8.08. The number of unbranched alkanes of at least 4 members (excludes halogenated alkanes) is 6. The third-order valence-corrected chi connectivity index (χ3v) is 9.35. The van der Waals surface area contributed by atoms with Gasteiger partial charge in [0.15, 0.2) is 0 Å². The highest BCUT2D eigenvalue weighted by Crippen LogP contribution is 2.55. The van der Waals surface area contributed by atoms with Gasteiger partial charge in [-0.1, -0.05) is 112 Å². The molecule has 4 nitrogen and oxygen atoms in total. The number of benzene rings is 3. The van der Waals surface area contributed by atoms with Crippen LogP contribution in [0.5, 0.6) is 11.5 Å². The maximum atomic E-state index is 6.77. The highest BCUT2D eigenvalue weighted by atomic mass is 32.2. The number of aliphatic imine (C=N–C) groups is 1. The second kappa shape index (κ2) is 16.0. The summed E-state index contributed by atoms with van der Waals surface area (Å²) in [6.07, 6.45) is 9.32. The number of ether oxygens (including phenoxy) is 2. The molecule has 0 radical (unpaired) electrons. The molecule has 4 rings (SSSR count). The molecule has 0 bridgehead atoms. The zero-order valence-electron chi connectivity index (χ0n) is 24.5. The standard InChI is InChI=1S/C34H44N2O2S2/c1-5-7-9-17-23-37-30-28-25(3)36-34(35-4)29(28)31(38-24-18-10-8-6-2)33(40-27-21-15-12-16-22-27)32(30)39-26-19-13-11-14-20-26/h11-16,19-22,25H,5-10,17-18,23-24H2,1-4H3,(H,35,36). The quantitative estimate of drug-likeness (QED) is 0.172. The third-order valence-electron chi connectivity index (χ3n) is 7.02. The lowest BCUT2D eigenvalue weighted by Gasteiger charge is -2.24. The van der Waals surface area contributed by atoms with E-state index in [1.807, 2.05) is 7.05 Å². The van der Waals surface area contributed by atoms with Gasteiger partial charge in [-0.05, 0) is 44.0 Å². The molecule has 0 saturated carbocycles. The first kappa shape index (κ1) is 30.4. The van der Waals surface area contributed by atoms with Gasteiger partial charge in [-0.3, -0.25) is 4.99 Å². The van der Waals surface area contributed by atoms with Crippen LogP contribution in [0.2, 0.25) is 0 Å². The summed E-state index contributed by atoms with van der Waals surface area (Å²) in [6, 6.07) is 21.3. The molecule has 0 saturated heterocycles. The van der Waals surface area contributed by atoms with Crippen LogP contribution in [0.4, 0.5) is 0 Å². The molecule has 0 spiro atoms. The number of nitrogens with one attached hydrogen (secondary N) is 1. The first-order chi connectivity index (χ1) is 19.7. The minimum atomic E-state index is 0.0766. The van der Waals surface area contributed by atoms with Crippen LogP contribution in [0.15, 0.2) is 85.2 Å². The number of amidine groups is 1. The second-order valence-corrected chi connectivity index (χ2v) is 12.4. The topological polar surface area (TPSA) is 42.9 Å². The van der Waals surface area contributed by atoms with Gasteiger partial charge in [0.25, 0.3) is 0 Å². The normalized spacial score (nSPS) is 15.2. The van der Waals surface area contributed by atoms with E-state index in [1.165, 1.54) is 48.3 Å². The van der Waals surface area contributed by atoms with Crippen LogP contribution < -0.4 is 14.8 Å². The molecule has 1 N–H and O–H groups in total. The van der Waals surface area contributed by atoms with Crippen LogP contribution in [0.1, 0.15) is 89.3 Å². The molecular weight excluding hydrogens is 533 g/mol. The summed E-state index contributed by atoms with van der Waals surface area (Å²) in [5.41, 5.74) is 2.22. The molecule has 1 aliphatic heterocycles. The average Bonchev–Trinajstić information content (AvgIpc) is 3.32. The first-order valence-corrected chi connectivity index (χ1v) is 16.5. The molecule has 0 amide bonds. The van der Waals surface area contributed by atoms with Gasteiger partial charge < -0.3 is 14.8 Å². The van der Waals surface area contributed by atoms with E-state index in [2.05, 4.69) is 91.7 Å². The van der Waals surface area contributed by atoms with E-state index in [9.17, 15) is 0 Å². The molecule has 214 valence electrons. The minimum Gasteiger partial charge on any atom is -0.492 e. The Labute approximate surface area is 249 Å². The fourth-order valence-corrected chi connectivity index (χ4v) is 7.13. The van der Waals surface area contributed by atoms with Gasteiger partial charge in [0.05, 0.1) is 34.6 Å². The maximum Gasteiger partial charge on any atom is 0.145 e. The van der Waals surface area contributed by atoms with Crippen LogP contribution in [-0.4, -0.2) is 26.1 Å². The van der Waals surface area contributed by atoms with Crippen molar-refractivity contribution in [3.63, 3.8) is 0 Å². The molecule has 0 aliphatic carbocycles. The van der Waals surface area contributed by atoms with Crippen molar-refractivity contribution in [2.75, 3.05) is 20.3 Å². The van der Waals surface area contributed by atoms with Gasteiger partial charge in [0.1, 0.15) is 17.3 Å². The fourth-order valence-electron chi connectivity index (χ4n) is 4.94. The van der Waals surface area contributed by atoms with Crippen molar-refractivity contribution in [1.29, 1.82) is 0 Å².